The summed E-state index contributed by atoms with van der Waals surface area (Å²) in [6.07, 6.45) is 0.291. The van der Waals surface area contributed by atoms with Crippen LogP contribution in [0.1, 0.15) is 41.0 Å². The van der Waals surface area contributed by atoms with E-state index in [0.717, 1.165) is 21.6 Å². The normalized spacial score (nSPS) is 12.9. The molecule has 0 bridgehead atoms. The number of carboxylic acid groups (broad SMARTS) is 1. The second kappa shape index (κ2) is 12.4. The fraction of sp³-hybridized carbons (Fsp3) is 0.185. The maximum Gasteiger partial charge on any atom is 0.327 e. The monoisotopic (exact) mass is 617 g/mol. The number of aliphatic carboxylic acids is 1. The molecular weight excluding hydrogens is 595 g/mol. The van der Waals surface area contributed by atoms with Crippen molar-refractivity contribution in [3.63, 3.8) is 0 Å². The molecule has 0 saturated heterocycles. The molecule has 40 heavy (non-hydrogen) atoms. The summed E-state index contributed by atoms with van der Waals surface area (Å²) < 4.78 is 34.5. The maximum absolute atomic E-state index is 13.6. The molecule has 13 heteroatoms. The Hall–Kier alpha value is -3.35. The molecule has 208 valence electrons. The zero-order valence-electron chi connectivity index (χ0n) is 21.2. The Morgan fingerprint density at radius 3 is 2.33 bits per heavy atom. The van der Waals surface area contributed by atoms with Gasteiger partial charge in [0.25, 0.3) is 5.91 Å². The summed E-state index contributed by atoms with van der Waals surface area (Å²) in [5.74, 6) is -2.08. The number of anilines is 2. The van der Waals surface area contributed by atoms with E-state index in [1.807, 2.05) is 30.3 Å². The van der Waals surface area contributed by atoms with E-state index in [4.69, 9.17) is 23.2 Å². The van der Waals surface area contributed by atoms with Crippen molar-refractivity contribution in [1.29, 1.82) is 0 Å². The van der Waals surface area contributed by atoms with Crippen LogP contribution in [0.15, 0.2) is 72.8 Å². The van der Waals surface area contributed by atoms with Crippen LogP contribution in [0.25, 0.3) is 0 Å². The predicted octanol–water partition coefficient (Wildman–Crippen LogP) is 5.53. The third-order valence-corrected chi connectivity index (χ3v) is 8.06. The van der Waals surface area contributed by atoms with Crippen molar-refractivity contribution in [2.24, 2.45) is 0 Å². The summed E-state index contributed by atoms with van der Waals surface area (Å²) in [4.78, 5) is 25.9. The molecule has 0 radical (unpaired) electrons. The Morgan fingerprint density at radius 1 is 1.05 bits per heavy atom. The van der Waals surface area contributed by atoms with Crippen LogP contribution in [0.2, 0.25) is 10.0 Å². The van der Waals surface area contributed by atoms with E-state index in [1.165, 1.54) is 18.2 Å². The average molecular weight is 619 g/mol. The fourth-order valence-corrected chi connectivity index (χ4v) is 5.69. The van der Waals surface area contributed by atoms with Crippen molar-refractivity contribution in [3.05, 3.63) is 105 Å². The zero-order chi connectivity index (χ0) is 29.0. The molecule has 2 atom stereocenters. The third-order valence-electron chi connectivity index (χ3n) is 6.35. The number of rotatable bonds is 10. The molecule has 4 rings (SSSR count). The van der Waals surface area contributed by atoms with Gasteiger partial charge in [0.15, 0.2) is 5.82 Å². The topological polar surface area (TPSA) is 136 Å². The van der Waals surface area contributed by atoms with Crippen LogP contribution >= 0.6 is 34.9 Å². The van der Waals surface area contributed by atoms with Crippen LogP contribution in [0.4, 0.5) is 11.5 Å². The lowest BCUT2D eigenvalue weighted by atomic mass is 9.77. The summed E-state index contributed by atoms with van der Waals surface area (Å²) in [6.45, 7) is 3.35. The van der Waals surface area contributed by atoms with Crippen LogP contribution in [0, 0.1) is 0 Å². The molecule has 0 aliphatic rings. The molecule has 0 spiro atoms. The van der Waals surface area contributed by atoms with Gasteiger partial charge < -0.3 is 15.0 Å². The predicted molar refractivity (Wildman–Crippen MR) is 155 cm³/mol. The molecule has 3 aromatic carbocycles. The van der Waals surface area contributed by atoms with Gasteiger partial charge in [0.05, 0.1) is 34.2 Å². The fourth-order valence-electron chi connectivity index (χ4n) is 4.19. The smallest absolute Gasteiger partial charge is 0.327 e. The lowest BCUT2D eigenvalue weighted by molar-refractivity contribution is -0.140. The number of carbonyl (C=O) groups excluding carboxylic acids is 1. The largest absolute Gasteiger partial charge is 0.755 e. The van der Waals surface area contributed by atoms with Gasteiger partial charge in [-0.25, -0.2) is 4.79 Å². The molecule has 2 N–H and O–H groups in total. The first-order valence-electron chi connectivity index (χ1n) is 11.8. The number of benzene rings is 3. The first-order valence-corrected chi connectivity index (χ1v) is 14.3. The van der Waals surface area contributed by atoms with E-state index in [0.29, 0.717) is 22.7 Å². The first-order chi connectivity index (χ1) is 19.0. The van der Waals surface area contributed by atoms with Crippen LogP contribution in [-0.4, -0.2) is 40.5 Å². The van der Waals surface area contributed by atoms with E-state index in [1.54, 1.807) is 38.1 Å². The lowest BCUT2D eigenvalue weighted by Crippen LogP contribution is -2.52. The molecule has 0 fully saturated rings. The van der Waals surface area contributed by atoms with Gasteiger partial charge in [-0.3, -0.25) is 13.3 Å². The molecule has 2 unspecified atom stereocenters. The molecule has 0 saturated carbocycles. The molecule has 1 amide bonds. The van der Waals surface area contributed by atoms with Gasteiger partial charge in [-0.15, -0.1) is 0 Å². The van der Waals surface area contributed by atoms with E-state index >= 15 is 0 Å². The van der Waals surface area contributed by atoms with Crippen LogP contribution < -0.4 is 9.62 Å². The number of halogens is 2. The SMILES string of the molecule is CC(C)(c1ccc(Cl)cc1)C(NC(=O)c1ccc(Cl)cc1N(c1nsnc1Cc1ccccc1)S(=O)[O-])C(=O)O. The van der Waals surface area contributed by atoms with Crippen molar-refractivity contribution in [1.82, 2.24) is 14.1 Å². The average Bonchev–Trinajstić information content (AvgIpc) is 3.35. The van der Waals surface area contributed by atoms with Gasteiger partial charge in [0, 0.05) is 21.9 Å². The minimum absolute atomic E-state index is 0.00906. The van der Waals surface area contributed by atoms with E-state index in [-0.39, 0.29) is 22.1 Å². The summed E-state index contributed by atoms with van der Waals surface area (Å²) in [6, 6.07) is 18.6. The summed E-state index contributed by atoms with van der Waals surface area (Å²) >= 11 is 10.1. The van der Waals surface area contributed by atoms with E-state index < -0.39 is 34.6 Å². The molecule has 0 aliphatic heterocycles. The number of aromatic nitrogens is 2. The van der Waals surface area contributed by atoms with Gasteiger partial charge in [0.2, 0.25) is 0 Å². The molecule has 1 heterocycles. The van der Waals surface area contributed by atoms with Crippen LogP contribution in [0.3, 0.4) is 0 Å². The molecule has 0 aliphatic carbocycles. The maximum atomic E-state index is 13.6. The highest BCUT2D eigenvalue weighted by Gasteiger charge is 2.39. The number of nitrogens with zero attached hydrogens (tertiary/aromatic N) is 3. The van der Waals surface area contributed by atoms with Crippen molar-refractivity contribution >= 4 is 69.6 Å². The number of nitrogens with one attached hydrogen (secondary N) is 1. The number of amides is 1. The molecular formula is C27H23Cl2N4O5S2-. The number of carbonyl (C=O) groups is 2. The van der Waals surface area contributed by atoms with Crippen LogP contribution in [0.5, 0.6) is 0 Å². The van der Waals surface area contributed by atoms with Gasteiger partial charge >= 0.3 is 5.97 Å². The van der Waals surface area contributed by atoms with Crippen LogP contribution in [-0.2, 0) is 27.9 Å². The summed E-state index contributed by atoms with van der Waals surface area (Å²) in [7, 11) is 0. The molecule has 1 aromatic heterocycles. The Kier molecular flexibility index (Phi) is 9.22. The summed E-state index contributed by atoms with van der Waals surface area (Å²) in [5.41, 5.74) is 0.591. The summed E-state index contributed by atoms with van der Waals surface area (Å²) in [5, 5.41) is 13.3. The third kappa shape index (κ3) is 6.51. The highest BCUT2D eigenvalue weighted by molar-refractivity contribution is 7.81. The van der Waals surface area contributed by atoms with Gasteiger partial charge in [-0.05, 0) is 41.5 Å². The highest BCUT2D eigenvalue weighted by Crippen LogP contribution is 2.35. The second-order valence-electron chi connectivity index (χ2n) is 9.34. The lowest BCUT2D eigenvalue weighted by Gasteiger charge is -2.33. The minimum atomic E-state index is -2.94. The second-order valence-corrected chi connectivity index (χ2v) is 11.5. The minimum Gasteiger partial charge on any atom is -0.755 e. The number of carboxylic acids is 1. The molecule has 4 aromatic rings. The Labute approximate surface area is 247 Å². The quantitative estimate of drug-likeness (QED) is 0.223. The Bertz CT molecular complexity index is 1550. The Balaban J connectivity index is 1.73. The Morgan fingerprint density at radius 2 is 1.70 bits per heavy atom. The van der Waals surface area contributed by atoms with Gasteiger partial charge in [-0.2, -0.15) is 8.75 Å². The van der Waals surface area contributed by atoms with Gasteiger partial charge in [0.1, 0.15) is 11.7 Å². The standard InChI is InChI=1S/C27H24Cl2N4O5S2/c1-27(2,17-8-10-18(28)11-9-17)23(26(35)36)30-25(34)20-13-12-19(29)15-22(20)33(40(37)38)24-21(31-39-32-24)14-16-6-4-3-5-7-16/h3-13,15,23H,14H2,1-2H3,(H,30,34)(H,35,36)(H,37,38)/p-1. The van der Waals surface area contributed by atoms with Crippen molar-refractivity contribution < 1.29 is 23.5 Å². The highest BCUT2D eigenvalue weighted by atomic mass is 35.5. The number of hydrogen-bond donors (Lipinski definition) is 2. The molecule has 9 nitrogen and oxygen atoms in total. The van der Waals surface area contributed by atoms with E-state index in [9.17, 15) is 23.5 Å². The van der Waals surface area contributed by atoms with Crippen molar-refractivity contribution in [2.45, 2.75) is 31.7 Å². The van der Waals surface area contributed by atoms with Gasteiger partial charge in [-0.1, -0.05) is 79.5 Å². The number of hydrogen-bond acceptors (Lipinski definition) is 7. The van der Waals surface area contributed by atoms with Crippen molar-refractivity contribution in [2.75, 3.05) is 4.31 Å². The van der Waals surface area contributed by atoms with Crippen molar-refractivity contribution in [3.8, 4) is 0 Å². The first kappa shape index (κ1) is 29.6. The zero-order valence-corrected chi connectivity index (χ0v) is 24.4. The van der Waals surface area contributed by atoms with E-state index in [2.05, 4.69) is 14.1 Å².